The van der Waals surface area contributed by atoms with Gasteiger partial charge in [-0.25, -0.2) is 0 Å². The highest BCUT2D eigenvalue weighted by Gasteiger charge is 2.20. The van der Waals surface area contributed by atoms with Gasteiger partial charge in [-0.1, -0.05) is 37.6 Å². The van der Waals surface area contributed by atoms with Crippen LogP contribution in [0.1, 0.15) is 53.0 Å². The van der Waals surface area contributed by atoms with E-state index in [0.29, 0.717) is 0 Å². The van der Waals surface area contributed by atoms with Crippen LogP contribution < -0.4 is 20.1 Å². The van der Waals surface area contributed by atoms with Crippen LogP contribution in [0.3, 0.4) is 0 Å². The summed E-state index contributed by atoms with van der Waals surface area (Å²) in [7, 11) is 0. The number of benzene rings is 2. The van der Waals surface area contributed by atoms with E-state index in [1.165, 1.54) is 32.8 Å². The van der Waals surface area contributed by atoms with E-state index in [1.54, 1.807) is 0 Å². The van der Waals surface area contributed by atoms with Crippen LogP contribution in [0.25, 0.3) is 11.6 Å². The standard InChI is InChI=1S/C25H31NO/c1-6-10-11-19-12-14-21-23(16-19)27-24-17-20(26(8-3)9-4)13-15-22(24)25(21)18(5)7-2/h7,11-17H,6,8-10H2,1-5H3/b18-7+,19-11-. The molecule has 2 aromatic carbocycles. The van der Waals surface area contributed by atoms with Gasteiger partial charge in [0.05, 0.1) is 0 Å². The summed E-state index contributed by atoms with van der Waals surface area (Å²) >= 11 is 0. The highest BCUT2D eigenvalue weighted by molar-refractivity contribution is 5.85. The fraction of sp³-hybridized carbons (Fsp3) is 0.360. The molecule has 3 rings (SSSR count). The summed E-state index contributed by atoms with van der Waals surface area (Å²) in [6, 6.07) is 13.2. The Bertz CT molecular complexity index is 964. The van der Waals surface area contributed by atoms with Crippen LogP contribution in [-0.4, -0.2) is 13.1 Å². The van der Waals surface area contributed by atoms with Crippen LogP contribution in [0.2, 0.25) is 0 Å². The van der Waals surface area contributed by atoms with Crippen LogP contribution in [0.15, 0.2) is 48.0 Å². The first-order chi connectivity index (χ1) is 13.1. The first-order valence-corrected chi connectivity index (χ1v) is 10.2. The molecule has 0 radical (unpaired) electrons. The van der Waals surface area contributed by atoms with Crippen LogP contribution in [0.5, 0.6) is 11.5 Å². The Morgan fingerprint density at radius 1 is 1.00 bits per heavy atom. The molecule has 0 aliphatic carbocycles. The zero-order chi connectivity index (χ0) is 19.4. The van der Waals surface area contributed by atoms with Gasteiger partial charge in [0, 0.05) is 35.6 Å². The minimum Gasteiger partial charge on any atom is -0.456 e. The Morgan fingerprint density at radius 3 is 2.44 bits per heavy atom. The van der Waals surface area contributed by atoms with E-state index < -0.39 is 0 Å². The summed E-state index contributed by atoms with van der Waals surface area (Å²) < 4.78 is 6.41. The zero-order valence-electron chi connectivity index (χ0n) is 17.3. The fourth-order valence-corrected chi connectivity index (χ4v) is 3.69. The lowest BCUT2D eigenvalue weighted by molar-refractivity contribution is 0.471. The van der Waals surface area contributed by atoms with Crippen LogP contribution >= 0.6 is 0 Å². The van der Waals surface area contributed by atoms with E-state index >= 15 is 0 Å². The second kappa shape index (κ2) is 8.47. The maximum atomic E-state index is 6.41. The van der Waals surface area contributed by atoms with Crippen LogP contribution in [0.4, 0.5) is 5.69 Å². The van der Waals surface area contributed by atoms with E-state index in [0.717, 1.165) is 37.4 Å². The molecule has 2 aromatic rings. The van der Waals surface area contributed by atoms with Crippen molar-refractivity contribution in [1.82, 2.24) is 0 Å². The lowest BCUT2D eigenvalue weighted by Crippen LogP contribution is -2.23. The minimum absolute atomic E-state index is 0.954. The lowest BCUT2D eigenvalue weighted by atomic mass is 9.92. The number of ether oxygens (including phenoxy) is 1. The number of fused-ring (bicyclic) bond motifs is 2. The molecular weight excluding hydrogens is 330 g/mol. The van der Waals surface area contributed by atoms with E-state index in [-0.39, 0.29) is 0 Å². The maximum absolute atomic E-state index is 6.41. The number of nitrogens with zero attached hydrogens (tertiary/aromatic N) is 1. The average molecular weight is 362 g/mol. The first-order valence-electron chi connectivity index (χ1n) is 10.2. The SMILES string of the molecule is C/C=C(\C)C1=c2cc/c(=C/CCC)cc2Oc2cc(N(CC)CC)ccc21. The van der Waals surface area contributed by atoms with Crippen molar-refractivity contribution >= 4 is 17.3 Å². The Kier molecular flexibility index (Phi) is 6.05. The number of hydrogen-bond donors (Lipinski definition) is 0. The third-order valence-corrected chi connectivity index (χ3v) is 5.35. The molecule has 27 heavy (non-hydrogen) atoms. The first kappa shape index (κ1) is 19.3. The molecule has 2 nitrogen and oxygen atoms in total. The normalized spacial score (nSPS) is 13.9. The zero-order valence-corrected chi connectivity index (χ0v) is 17.3. The van der Waals surface area contributed by atoms with Crippen molar-refractivity contribution in [3.8, 4) is 11.5 Å². The Hall–Kier alpha value is -2.48. The number of rotatable bonds is 6. The van der Waals surface area contributed by atoms with Crippen molar-refractivity contribution in [3.05, 3.63) is 64.0 Å². The average Bonchev–Trinajstić information content (AvgIpc) is 2.70. The van der Waals surface area contributed by atoms with Gasteiger partial charge < -0.3 is 9.64 Å². The molecule has 2 heteroatoms. The molecule has 142 valence electrons. The van der Waals surface area contributed by atoms with Crippen molar-refractivity contribution in [2.45, 2.75) is 47.5 Å². The highest BCUT2D eigenvalue weighted by Crippen LogP contribution is 2.38. The molecule has 0 atom stereocenters. The summed E-state index contributed by atoms with van der Waals surface area (Å²) in [6.45, 7) is 12.9. The van der Waals surface area contributed by atoms with Gasteiger partial charge in [0.15, 0.2) is 0 Å². The van der Waals surface area contributed by atoms with Crippen molar-refractivity contribution in [3.63, 3.8) is 0 Å². The van der Waals surface area contributed by atoms with E-state index in [9.17, 15) is 0 Å². The van der Waals surface area contributed by atoms with Crippen molar-refractivity contribution < 1.29 is 4.74 Å². The predicted octanol–water partition coefficient (Wildman–Crippen LogP) is 5.38. The molecule has 0 saturated carbocycles. The quantitative estimate of drug-likeness (QED) is 0.684. The van der Waals surface area contributed by atoms with Gasteiger partial charge in [-0.3, -0.25) is 0 Å². The molecule has 0 fully saturated rings. The molecule has 0 bridgehead atoms. The molecule has 0 amide bonds. The smallest absolute Gasteiger partial charge is 0.137 e. The van der Waals surface area contributed by atoms with Gasteiger partial charge in [-0.15, -0.1) is 0 Å². The van der Waals surface area contributed by atoms with Gasteiger partial charge in [0.2, 0.25) is 0 Å². The molecule has 0 N–H and O–H groups in total. The van der Waals surface area contributed by atoms with Crippen LogP contribution in [0, 0.1) is 0 Å². The summed E-state index contributed by atoms with van der Waals surface area (Å²) in [4.78, 5) is 2.35. The van der Waals surface area contributed by atoms with E-state index in [4.69, 9.17) is 4.74 Å². The Morgan fingerprint density at radius 2 is 1.78 bits per heavy atom. The highest BCUT2D eigenvalue weighted by atomic mass is 16.5. The molecule has 0 spiro atoms. The molecule has 1 heterocycles. The van der Waals surface area contributed by atoms with Crippen molar-refractivity contribution in [2.24, 2.45) is 0 Å². The Balaban J connectivity index is 2.22. The maximum Gasteiger partial charge on any atom is 0.137 e. The second-order valence-corrected chi connectivity index (χ2v) is 7.05. The van der Waals surface area contributed by atoms with Gasteiger partial charge in [0.25, 0.3) is 0 Å². The third-order valence-electron chi connectivity index (χ3n) is 5.35. The molecule has 0 saturated heterocycles. The summed E-state index contributed by atoms with van der Waals surface area (Å²) in [5, 5.41) is 2.42. The molecular formula is C25H31NO. The largest absolute Gasteiger partial charge is 0.456 e. The van der Waals surface area contributed by atoms with Gasteiger partial charge in [-0.2, -0.15) is 0 Å². The fourth-order valence-electron chi connectivity index (χ4n) is 3.69. The summed E-state index contributed by atoms with van der Waals surface area (Å²) in [5.41, 5.74) is 4.95. The minimum atomic E-state index is 0.954. The summed E-state index contributed by atoms with van der Waals surface area (Å²) in [6.07, 6.45) is 6.71. The van der Waals surface area contributed by atoms with Crippen molar-refractivity contribution in [2.75, 3.05) is 18.0 Å². The lowest BCUT2D eigenvalue weighted by Gasteiger charge is -2.26. The van der Waals surface area contributed by atoms with E-state index in [2.05, 4.69) is 88.1 Å². The number of hydrogen-bond acceptors (Lipinski definition) is 2. The van der Waals surface area contributed by atoms with Gasteiger partial charge >= 0.3 is 0 Å². The molecule has 1 aliphatic rings. The molecule has 0 unspecified atom stereocenters. The Labute approximate surface area is 163 Å². The predicted molar refractivity (Wildman–Crippen MR) is 117 cm³/mol. The number of anilines is 1. The van der Waals surface area contributed by atoms with Gasteiger partial charge in [-0.05, 0) is 68.7 Å². The van der Waals surface area contributed by atoms with Crippen LogP contribution in [-0.2, 0) is 0 Å². The van der Waals surface area contributed by atoms with Gasteiger partial charge in [0.1, 0.15) is 11.5 Å². The van der Waals surface area contributed by atoms with E-state index in [1.807, 2.05) is 0 Å². The monoisotopic (exact) mass is 361 g/mol. The van der Waals surface area contributed by atoms with Crippen molar-refractivity contribution in [1.29, 1.82) is 0 Å². The number of allylic oxidation sites excluding steroid dienone is 2. The topological polar surface area (TPSA) is 12.5 Å². The molecule has 0 aromatic heterocycles. The third kappa shape index (κ3) is 3.80. The molecule has 1 aliphatic heterocycles. The summed E-state index contributed by atoms with van der Waals surface area (Å²) in [5.74, 6) is 1.91. The number of unbranched alkanes of at least 4 members (excludes halogenated alkanes) is 1. The second-order valence-electron chi connectivity index (χ2n) is 7.05.